The van der Waals surface area contributed by atoms with Crippen LogP contribution >= 0.6 is 23.4 Å². The van der Waals surface area contributed by atoms with E-state index in [2.05, 4.69) is 40.1 Å². The van der Waals surface area contributed by atoms with Crippen molar-refractivity contribution in [1.29, 1.82) is 0 Å². The number of aromatic nitrogens is 5. The number of anilines is 1. The highest BCUT2D eigenvalue weighted by molar-refractivity contribution is 8.00. The SMILES string of the molecule is COC(=O)CSc1cc(-c2c(NC(=O)c3cnn4cccnc34)cnn2COCC[Si](C)(C)C)c(OC(F)F)cc1Cl. The predicted molar refractivity (Wildman–Crippen MR) is 157 cm³/mol. The number of ether oxygens (including phenoxy) is 3. The first-order valence-electron chi connectivity index (χ1n) is 12.7. The van der Waals surface area contributed by atoms with Gasteiger partial charge in [0.05, 0.1) is 41.7 Å². The molecule has 0 atom stereocenters. The average Bonchev–Trinajstić information content (AvgIpc) is 3.54. The highest BCUT2D eigenvalue weighted by Crippen LogP contribution is 2.42. The van der Waals surface area contributed by atoms with Crippen LogP contribution in [0.3, 0.4) is 0 Å². The van der Waals surface area contributed by atoms with Gasteiger partial charge in [-0.3, -0.25) is 9.59 Å². The van der Waals surface area contributed by atoms with E-state index >= 15 is 0 Å². The van der Waals surface area contributed by atoms with Gasteiger partial charge in [0.15, 0.2) is 5.65 Å². The van der Waals surface area contributed by atoms with Crippen molar-refractivity contribution in [2.45, 2.75) is 43.9 Å². The lowest BCUT2D eigenvalue weighted by Gasteiger charge is -2.18. The van der Waals surface area contributed by atoms with Gasteiger partial charge in [-0.1, -0.05) is 31.2 Å². The summed E-state index contributed by atoms with van der Waals surface area (Å²) in [4.78, 5) is 29.7. The Labute approximate surface area is 250 Å². The smallest absolute Gasteiger partial charge is 0.387 e. The van der Waals surface area contributed by atoms with Gasteiger partial charge in [-0.15, -0.1) is 11.8 Å². The lowest BCUT2D eigenvalue weighted by Crippen LogP contribution is -2.22. The zero-order valence-corrected chi connectivity index (χ0v) is 25.8. The number of esters is 1. The maximum Gasteiger partial charge on any atom is 0.387 e. The number of carbonyl (C=O) groups is 2. The molecule has 11 nitrogen and oxygen atoms in total. The normalized spacial score (nSPS) is 11.7. The van der Waals surface area contributed by atoms with Crippen LogP contribution in [0.4, 0.5) is 14.5 Å². The first kappa shape index (κ1) is 31.4. The molecule has 0 aliphatic rings. The van der Waals surface area contributed by atoms with Gasteiger partial charge in [-0.25, -0.2) is 14.2 Å². The Morgan fingerprint density at radius 1 is 1.19 bits per heavy atom. The van der Waals surface area contributed by atoms with E-state index in [-0.39, 0.29) is 45.8 Å². The number of hydrogen-bond donors (Lipinski definition) is 1. The van der Waals surface area contributed by atoms with Crippen LogP contribution in [0.2, 0.25) is 30.7 Å². The molecule has 42 heavy (non-hydrogen) atoms. The summed E-state index contributed by atoms with van der Waals surface area (Å²) in [6, 6.07) is 5.29. The first-order valence-corrected chi connectivity index (χ1v) is 17.8. The number of amides is 1. The van der Waals surface area contributed by atoms with Crippen molar-refractivity contribution in [2.75, 3.05) is 24.8 Å². The maximum absolute atomic E-state index is 13.5. The van der Waals surface area contributed by atoms with E-state index in [1.807, 2.05) is 0 Å². The fourth-order valence-electron chi connectivity index (χ4n) is 3.79. The standard InChI is InChI=1S/C26H29ClF2N6O5SSi/c1-38-22(36)14-41-21-10-16(20(11-18(21)27)40-26(28)29)23-19(13-32-35(23)15-39-8-9-42(2,3)4)33-25(37)17-12-31-34-7-5-6-30-24(17)34/h5-7,10-13,26H,8-9,14-15H2,1-4H3,(H,33,37). The number of methoxy groups -OCH3 is 1. The second kappa shape index (κ2) is 13.6. The van der Waals surface area contributed by atoms with Crippen molar-refractivity contribution in [3.05, 3.63) is 53.6 Å². The van der Waals surface area contributed by atoms with E-state index in [9.17, 15) is 18.4 Å². The molecule has 3 aromatic heterocycles. The number of halogens is 3. The molecule has 1 amide bonds. The molecule has 0 unspecified atom stereocenters. The maximum atomic E-state index is 13.5. The van der Waals surface area contributed by atoms with Crippen LogP contribution in [-0.4, -0.2) is 70.4 Å². The van der Waals surface area contributed by atoms with Crippen molar-refractivity contribution >= 4 is 54.6 Å². The molecule has 0 spiro atoms. The van der Waals surface area contributed by atoms with Crippen molar-refractivity contribution in [3.63, 3.8) is 0 Å². The molecule has 4 aromatic rings. The van der Waals surface area contributed by atoms with E-state index < -0.39 is 26.6 Å². The number of rotatable bonds is 13. The van der Waals surface area contributed by atoms with Gasteiger partial charge in [0, 0.05) is 43.6 Å². The molecule has 3 heterocycles. The van der Waals surface area contributed by atoms with Gasteiger partial charge >= 0.3 is 12.6 Å². The fourth-order valence-corrected chi connectivity index (χ4v) is 5.65. The third-order valence-corrected chi connectivity index (χ3v) is 9.06. The third-order valence-electron chi connectivity index (χ3n) is 5.90. The largest absolute Gasteiger partial charge is 0.468 e. The molecule has 0 aliphatic carbocycles. The predicted octanol–water partition coefficient (Wildman–Crippen LogP) is 5.68. The molecule has 0 aliphatic heterocycles. The minimum Gasteiger partial charge on any atom is -0.468 e. The number of fused-ring (bicyclic) bond motifs is 1. The second-order valence-corrected chi connectivity index (χ2v) is 17.2. The number of hydrogen-bond acceptors (Lipinski definition) is 9. The molecule has 224 valence electrons. The van der Waals surface area contributed by atoms with Crippen molar-refractivity contribution in [1.82, 2.24) is 24.4 Å². The van der Waals surface area contributed by atoms with Gasteiger partial charge in [0.2, 0.25) is 0 Å². The lowest BCUT2D eigenvalue weighted by atomic mass is 10.1. The second-order valence-electron chi connectivity index (χ2n) is 10.2. The Morgan fingerprint density at radius 3 is 2.69 bits per heavy atom. The summed E-state index contributed by atoms with van der Waals surface area (Å²) in [5, 5.41) is 11.4. The van der Waals surface area contributed by atoms with E-state index in [4.69, 9.17) is 25.8 Å². The Hall–Kier alpha value is -3.53. The molecule has 4 rings (SSSR count). The van der Waals surface area contributed by atoms with Gasteiger partial charge in [-0.2, -0.15) is 19.0 Å². The minimum atomic E-state index is -3.17. The lowest BCUT2D eigenvalue weighted by molar-refractivity contribution is -0.137. The van der Waals surface area contributed by atoms with Crippen molar-refractivity contribution < 1.29 is 32.6 Å². The van der Waals surface area contributed by atoms with Crippen LogP contribution in [0.1, 0.15) is 10.4 Å². The zero-order valence-electron chi connectivity index (χ0n) is 23.3. The Bertz CT molecular complexity index is 1580. The highest BCUT2D eigenvalue weighted by atomic mass is 35.5. The number of carbonyl (C=O) groups excluding carboxylic acids is 2. The van der Waals surface area contributed by atoms with E-state index in [0.29, 0.717) is 17.1 Å². The summed E-state index contributed by atoms with van der Waals surface area (Å²) in [5.74, 6) is -1.37. The number of nitrogens with one attached hydrogen (secondary N) is 1. The summed E-state index contributed by atoms with van der Waals surface area (Å²) < 4.78 is 45.4. The quantitative estimate of drug-likeness (QED) is 0.0853. The van der Waals surface area contributed by atoms with Crippen LogP contribution in [-0.2, 0) is 21.0 Å². The number of thioether (sulfide) groups is 1. The molecular formula is C26H29ClF2N6O5SSi. The monoisotopic (exact) mass is 638 g/mol. The van der Waals surface area contributed by atoms with E-state index in [1.54, 1.807) is 12.3 Å². The molecule has 1 aromatic carbocycles. The van der Waals surface area contributed by atoms with Gasteiger partial charge < -0.3 is 19.5 Å². The average molecular weight is 639 g/mol. The molecule has 0 saturated carbocycles. The van der Waals surface area contributed by atoms with Crippen molar-refractivity contribution in [3.8, 4) is 17.0 Å². The van der Waals surface area contributed by atoms with Gasteiger partial charge in [0.25, 0.3) is 5.91 Å². The topological polar surface area (TPSA) is 122 Å². The summed E-state index contributed by atoms with van der Waals surface area (Å²) in [7, 11) is -0.135. The Balaban J connectivity index is 1.77. The third kappa shape index (κ3) is 7.85. The molecule has 0 fully saturated rings. The molecule has 0 saturated heterocycles. The van der Waals surface area contributed by atoms with Crippen molar-refractivity contribution in [2.24, 2.45) is 0 Å². The molecular weight excluding hydrogens is 610 g/mol. The van der Waals surface area contributed by atoms with Gasteiger partial charge in [-0.05, 0) is 18.2 Å². The zero-order chi connectivity index (χ0) is 30.4. The molecule has 0 bridgehead atoms. The molecule has 0 radical (unpaired) electrons. The highest BCUT2D eigenvalue weighted by Gasteiger charge is 2.25. The first-order chi connectivity index (χ1) is 20.0. The summed E-state index contributed by atoms with van der Waals surface area (Å²) >= 11 is 7.43. The number of benzene rings is 1. The van der Waals surface area contributed by atoms with Crippen LogP contribution in [0, 0.1) is 0 Å². The fraction of sp³-hybridized carbons (Fsp3) is 0.346. The van der Waals surface area contributed by atoms with Crippen LogP contribution in [0.5, 0.6) is 5.75 Å². The van der Waals surface area contributed by atoms with E-state index in [0.717, 1.165) is 17.8 Å². The Morgan fingerprint density at radius 2 is 1.98 bits per heavy atom. The van der Waals surface area contributed by atoms with Crippen LogP contribution in [0.15, 0.2) is 47.9 Å². The van der Waals surface area contributed by atoms with Crippen LogP contribution in [0.25, 0.3) is 16.9 Å². The number of nitrogens with zero attached hydrogens (tertiary/aromatic N) is 5. The number of alkyl halides is 2. The molecule has 1 N–H and O–H groups in total. The molecule has 16 heteroatoms. The van der Waals surface area contributed by atoms with Crippen LogP contribution < -0.4 is 10.1 Å². The van der Waals surface area contributed by atoms with E-state index in [1.165, 1.54) is 47.0 Å². The Kier molecular flexibility index (Phi) is 10.2. The summed E-state index contributed by atoms with van der Waals surface area (Å²) in [5.41, 5.74) is 1.08. The summed E-state index contributed by atoms with van der Waals surface area (Å²) in [6.07, 6.45) is 5.94. The minimum absolute atomic E-state index is 0.0324. The van der Waals surface area contributed by atoms with Gasteiger partial charge in [0.1, 0.15) is 18.0 Å². The summed E-state index contributed by atoms with van der Waals surface area (Å²) in [6.45, 7) is 3.91.